The first kappa shape index (κ1) is 16.6. The molecular formula is C17H17N5O3. The predicted molar refractivity (Wildman–Crippen MR) is 90.9 cm³/mol. The Morgan fingerprint density at radius 1 is 1.16 bits per heavy atom. The molecule has 0 saturated carbocycles. The van der Waals surface area contributed by atoms with E-state index in [0.717, 1.165) is 5.56 Å². The lowest BCUT2D eigenvalue weighted by Gasteiger charge is -2.07. The van der Waals surface area contributed by atoms with Crippen molar-refractivity contribution in [1.82, 2.24) is 15.2 Å². The number of H-pyrrole nitrogens is 1. The van der Waals surface area contributed by atoms with Crippen LogP contribution in [0.5, 0.6) is 5.75 Å². The van der Waals surface area contributed by atoms with Crippen LogP contribution in [0.2, 0.25) is 0 Å². The van der Waals surface area contributed by atoms with Gasteiger partial charge in [0.2, 0.25) is 0 Å². The van der Waals surface area contributed by atoms with Gasteiger partial charge in [-0.2, -0.15) is 5.10 Å². The van der Waals surface area contributed by atoms with Crippen molar-refractivity contribution < 1.29 is 9.66 Å². The summed E-state index contributed by atoms with van der Waals surface area (Å²) in [5.74, 6) is 1.57. The lowest BCUT2D eigenvalue weighted by atomic mass is 10.1. The van der Waals surface area contributed by atoms with Crippen molar-refractivity contribution in [2.75, 3.05) is 0 Å². The van der Waals surface area contributed by atoms with Gasteiger partial charge < -0.3 is 10.5 Å². The molecule has 1 aromatic heterocycles. The third-order valence-electron chi connectivity index (χ3n) is 3.60. The number of aromatic nitrogens is 3. The average molecular weight is 339 g/mol. The normalized spacial score (nSPS) is 11.9. The van der Waals surface area contributed by atoms with Crippen LogP contribution < -0.4 is 10.5 Å². The maximum atomic E-state index is 10.6. The van der Waals surface area contributed by atoms with Gasteiger partial charge in [-0.05, 0) is 24.1 Å². The van der Waals surface area contributed by atoms with E-state index in [0.29, 0.717) is 23.8 Å². The molecule has 0 radical (unpaired) electrons. The topological polar surface area (TPSA) is 120 Å². The Labute approximate surface area is 143 Å². The van der Waals surface area contributed by atoms with Gasteiger partial charge in [0.15, 0.2) is 11.6 Å². The zero-order chi connectivity index (χ0) is 17.6. The highest BCUT2D eigenvalue weighted by Crippen LogP contribution is 2.18. The second-order valence-corrected chi connectivity index (χ2v) is 5.48. The lowest BCUT2D eigenvalue weighted by Crippen LogP contribution is -2.15. The third kappa shape index (κ3) is 4.39. The molecule has 0 unspecified atom stereocenters. The summed E-state index contributed by atoms with van der Waals surface area (Å²) in [5, 5.41) is 17.5. The first-order valence-electron chi connectivity index (χ1n) is 7.70. The van der Waals surface area contributed by atoms with E-state index in [2.05, 4.69) is 15.2 Å². The summed E-state index contributed by atoms with van der Waals surface area (Å²) in [6.45, 7) is 0.170. The van der Waals surface area contributed by atoms with E-state index < -0.39 is 4.92 Å². The number of non-ortho nitro benzene ring substituents is 1. The Hall–Kier alpha value is -3.26. The van der Waals surface area contributed by atoms with Gasteiger partial charge in [0.1, 0.15) is 12.4 Å². The smallest absolute Gasteiger partial charge is 0.269 e. The molecule has 8 heteroatoms. The van der Waals surface area contributed by atoms with Crippen LogP contribution in [0.4, 0.5) is 5.69 Å². The van der Waals surface area contributed by atoms with Crippen LogP contribution in [0.15, 0.2) is 54.6 Å². The number of nitro benzene ring substituents is 1. The number of nitrogens with one attached hydrogen (secondary N) is 1. The molecule has 0 fully saturated rings. The third-order valence-corrected chi connectivity index (χ3v) is 3.60. The second kappa shape index (κ2) is 7.54. The fourth-order valence-electron chi connectivity index (χ4n) is 2.32. The van der Waals surface area contributed by atoms with Crippen LogP contribution in [0.3, 0.4) is 0 Å². The zero-order valence-corrected chi connectivity index (χ0v) is 13.3. The molecular weight excluding hydrogens is 322 g/mol. The molecule has 0 aliphatic heterocycles. The maximum absolute atomic E-state index is 10.6. The minimum atomic E-state index is -0.458. The van der Waals surface area contributed by atoms with E-state index in [1.807, 2.05) is 30.3 Å². The Bertz CT molecular complexity index is 833. The minimum absolute atomic E-state index is 0.0150. The number of nitro groups is 1. The lowest BCUT2D eigenvalue weighted by molar-refractivity contribution is -0.384. The highest BCUT2D eigenvalue weighted by Gasteiger charge is 2.13. The van der Waals surface area contributed by atoms with Gasteiger partial charge in [0.25, 0.3) is 5.69 Å². The molecule has 128 valence electrons. The van der Waals surface area contributed by atoms with Crippen molar-refractivity contribution in [2.24, 2.45) is 5.73 Å². The van der Waals surface area contributed by atoms with Gasteiger partial charge in [-0.25, -0.2) is 4.98 Å². The van der Waals surface area contributed by atoms with E-state index >= 15 is 0 Å². The quantitative estimate of drug-likeness (QED) is 0.504. The number of rotatable bonds is 7. The van der Waals surface area contributed by atoms with E-state index in [1.54, 1.807) is 0 Å². The zero-order valence-electron chi connectivity index (χ0n) is 13.3. The predicted octanol–water partition coefficient (Wildman–Crippen LogP) is 2.53. The maximum Gasteiger partial charge on any atom is 0.269 e. The van der Waals surface area contributed by atoms with Gasteiger partial charge in [0.05, 0.1) is 11.0 Å². The molecule has 0 saturated heterocycles. The molecule has 1 heterocycles. The van der Waals surface area contributed by atoms with Crippen LogP contribution in [-0.2, 0) is 13.0 Å². The number of hydrogen-bond acceptors (Lipinski definition) is 6. The van der Waals surface area contributed by atoms with Gasteiger partial charge in [-0.1, -0.05) is 30.3 Å². The summed E-state index contributed by atoms with van der Waals surface area (Å²) >= 11 is 0. The van der Waals surface area contributed by atoms with E-state index in [4.69, 9.17) is 10.5 Å². The summed E-state index contributed by atoms with van der Waals surface area (Å²) in [5.41, 5.74) is 7.27. The van der Waals surface area contributed by atoms with E-state index in [-0.39, 0.29) is 18.3 Å². The Morgan fingerprint density at radius 2 is 1.88 bits per heavy atom. The number of nitrogens with zero attached hydrogens (tertiary/aromatic N) is 3. The van der Waals surface area contributed by atoms with Gasteiger partial charge >= 0.3 is 0 Å². The van der Waals surface area contributed by atoms with Gasteiger partial charge in [0, 0.05) is 12.1 Å². The first-order valence-corrected chi connectivity index (χ1v) is 7.70. The van der Waals surface area contributed by atoms with E-state index in [1.165, 1.54) is 24.3 Å². The molecule has 3 rings (SSSR count). The number of nitrogens with two attached hydrogens (primary N) is 1. The van der Waals surface area contributed by atoms with Crippen LogP contribution >= 0.6 is 0 Å². The van der Waals surface area contributed by atoms with Crippen molar-refractivity contribution >= 4 is 5.69 Å². The van der Waals surface area contributed by atoms with Crippen LogP contribution in [0.1, 0.15) is 23.3 Å². The van der Waals surface area contributed by atoms with Crippen LogP contribution in [0.25, 0.3) is 0 Å². The first-order chi connectivity index (χ1) is 12.1. The summed E-state index contributed by atoms with van der Waals surface area (Å²) in [6.07, 6.45) is 0.640. The van der Waals surface area contributed by atoms with Crippen molar-refractivity contribution in [3.63, 3.8) is 0 Å². The number of aromatic amines is 1. The van der Waals surface area contributed by atoms with E-state index in [9.17, 15) is 10.1 Å². The molecule has 25 heavy (non-hydrogen) atoms. The fourth-order valence-corrected chi connectivity index (χ4v) is 2.32. The van der Waals surface area contributed by atoms with Gasteiger partial charge in [-0.15, -0.1) is 0 Å². The molecule has 3 N–H and O–H groups in total. The molecule has 8 nitrogen and oxygen atoms in total. The molecule has 1 atom stereocenters. The molecule has 0 bridgehead atoms. The van der Waals surface area contributed by atoms with Crippen molar-refractivity contribution in [2.45, 2.75) is 19.1 Å². The molecule has 0 spiro atoms. The van der Waals surface area contributed by atoms with Crippen molar-refractivity contribution in [1.29, 1.82) is 0 Å². The summed E-state index contributed by atoms with van der Waals surface area (Å²) in [6, 6.07) is 15.4. The molecule has 3 aromatic rings. The van der Waals surface area contributed by atoms with Crippen LogP contribution in [-0.4, -0.2) is 20.1 Å². The van der Waals surface area contributed by atoms with Crippen molar-refractivity contribution in [3.05, 3.63) is 81.9 Å². The Balaban J connectivity index is 1.57. The number of benzene rings is 2. The highest BCUT2D eigenvalue weighted by atomic mass is 16.6. The standard InChI is InChI=1S/C17H17N5O3/c18-15(10-12-4-2-1-3-5-12)17-19-16(20-21-17)11-25-14-8-6-13(7-9-14)22(23)24/h1-9,15H,10-11,18H2,(H,19,20,21)/t15-/m1/s1. The summed E-state index contributed by atoms with van der Waals surface area (Å²) in [7, 11) is 0. The largest absolute Gasteiger partial charge is 0.486 e. The average Bonchev–Trinajstić information content (AvgIpc) is 3.10. The monoisotopic (exact) mass is 339 g/mol. The molecule has 0 amide bonds. The van der Waals surface area contributed by atoms with Gasteiger partial charge in [-0.3, -0.25) is 15.2 Å². The SMILES string of the molecule is N[C@H](Cc1ccccc1)c1n[nH]c(COc2ccc([N+](=O)[O-])cc2)n1. The van der Waals surface area contributed by atoms with Crippen LogP contribution in [0, 0.1) is 10.1 Å². The number of hydrogen-bond donors (Lipinski definition) is 2. The summed E-state index contributed by atoms with van der Waals surface area (Å²) < 4.78 is 5.54. The minimum Gasteiger partial charge on any atom is -0.486 e. The fraction of sp³-hybridized carbons (Fsp3) is 0.176. The second-order valence-electron chi connectivity index (χ2n) is 5.48. The molecule has 0 aliphatic carbocycles. The summed E-state index contributed by atoms with van der Waals surface area (Å²) in [4.78, 5) is 14.5. The number of ether oxygens (including phenoxy) is 1. The Morgan fingerprint density at radius 3 is 2.56 bits per heavy atom. The molecule has 0 aliphatic rings. The Kier molecular flexibility index (Phi) is 5.00. The molecule has 2 aromatic carbocycles. The van der Waals surface area contributed by atoms with Crippen molar-refractivity contribution in [3.8, 4) is 5.75 Å². The highest BCUT2D eigenvalue weighted by molar-refractivity contribution is 5.36.